The zero-order valence-electron chi connectivity index (χ0n) is 6.01. The van der Waals surface area contributed by atoms with Gasteiger partial charge in [0.1, 0.15) is 0 Å². The Balaban J connectivity index is 2.30. The lowest BCUT2D eigenvalue weighted by Gasteiger charge is -2.09. The maximum atomic E-state index is 9.42. The van der Waals surface area contributed by atoms with Crippen molar-refractivity contribution in [3.63, 3.8) is 0 Å². The summed E-state index contributed by atoms with van der Waals surface area (Å²) in [6.45, 7) is 0. The monoisotopic (exact) mass is 136 g/mol. The predicted octanol–water partition coefficient (Wildman–Crippen LogP) is 1.79. The van der Waals surface area contributed by atoms with Gasteiger partial charge in [-0.1, -0.05) is 17.7 Å². The largest absolute Gasteiger partial charge is 0.388 e. The zero-order chi connectivity index (χ0) is 6.97. The summed E-state index contributed by atoms with van der Waals surface area (Å²) in [6.07, 6.45) is 8.54. The van der Waals surface area contributed by atoms with Crippen molar-refractivity contribution in [1.82, 2.24) is 0 Å². The van der Waals surface area contributed by atoms with Crippen LogP contribution in [0.4, 0.5) is 0 Å². The highest BCUT2D eigenvalue weighted by Crippen LogP contribution is 2.33. The summed E-state index contributed by atoms with van der Waals surface area (Å²) in [5, 5.41) is 9.42. The molecular formula is C9H12O. The van der Waals surface area contributed by atoms with Crippen molar-refractivity contribution in [2.45, 2.75) is 31.8 Å². The molecule has 2 aliphatic carbocycles. The molecule has 0 bridgehead atoms. The number of allylic oxidation sites excluding steroid dienone is 2. The van der Waals surface area contributed by atoms with Gasteiger partial charge in [0.2, 0.25) is 0 Å². The van der Waals surface area contributed by atoms with Crippen LogP contribution in [0, 0.1) is 0 Å². The van der Waals surface area contributed by atoms with Gasteiger partial charge in [-0.25, -0.2) is 0 Å². The van der Waals surface area contributed by atoms with Crippen LogP contribution in [0.1, 0.15) is 25.7 Å². The Morgan fingerprint density at radius 1 is 1.40 bits per heavy atom. The maximum Gasteiger partial charge on any atom is 0.0792 e. The molecule has 1 heteroatoms. The van der Waals surface area contributed by atoms with Crippen molar-refractivity contribution in [3.8, 4) is 0 Å². The van der Waals surface area contributed by atoms with Gasteiger partial charge in [-0.3, -0.25) is 0 Å². The summed E-state index contributed by atoms with van der Waals surface area (Å²) in [4.78, 5) is 0. The summed E-state index contributed by atoms with van der Waals surface area (Å²) in [6, 6.07) is 0. The van der Waals surface area contributed by atoms with Crippen LogP contribution in [-0.4, -0.2) is 11.2 Å². The van der Waals surface area contributed by atoms with Gasteiger partial charge < -0.3 is 5.11 Å². The predicted molar refractivity (Wildman–Crippen MR) is 40.6 cm³/mol. The third-order valence-corrected chi connectivity index (χ3v) is 2.40. The molecular weight excluding hydrogens is 124 g/mol. The van der Waals surface area contributed by atoms with E-state index in [0.29, 0.717) is 0 Å². The van der Waals surface area contributed by atoms with Gasteiger partial charge in [0, 0.05) is 0 Å². The normalized spacial score (nSPS) is 31.1. The Hall–Kier alpha value is -0.560. The van der Waals surface area contributed by atoms with Crippen molar-refractivity contribution >= 4 is 0 Å². The Bertz CT molecular complexity index is 201. The molecule has 0 aromatic carbocycles. The van der Waals surface area contributed by atoms with E-state index in [1.165, 1.54) is 24.0 Å². The summed E-state index contributed by atoms with van der Waals surface area (Å²) in [7, 11) is 0. The van der Waals surface area contributed by atoms with Crippen LogP contribution in [-0.2, 0) is 0 Å². The van der Waals surface area contributed by atoms with E-state index < -0.39 is 0 Å². The smallest absolute Gasteiger partial charge is 0.0792 e. The van der Waals surface area contributed by atoms with Crippen molar-refractivity contribution in [2.75, 3.05) is 0 Å². The minimum Gasteiger partial charge on any atom is -0.388 e. The molecule has 1 unspecified atom stereocenters. The number of rotatable bonds is 0. The van der Waals surface area contributed by atoms with Gasteiger partial charge >= 0.3 is 0 Å². The Morgan fingerprint density at radius 3 is 3.10 bits per heavy atom. The molecule has 0 radical (unpaired) electrons. The molecule has 1 atom stereocenters. The van der Waals surface area contributed by atoms with Crippen LogP contribution >= 0.6 is 0 Å². The van der Waals surface area contributed by atoms with E-state index in [0.717, 1.165) is 12.8 Å². The number of aliphatic hydroxyl groups excluding tert-OH is 1. The quantitative estimate of drug-likeness (QED) is 0.538. The highest BCUT2D eigenvalue weighted by molar-refractivity contribution is 5.36. The molecule has 0 aliphatic heterocycles. The van der Waals surface area contributed by atoms with Crippen LogP contribution in [0.5, 0.6) is 0 Å². The summed E-state index contributed by atoms with van der Waals surface area (Å²) >= 11 is 0. The van der Waals surface area contributed by atoms with Gasteiger partial charge in [-0.15, -0.1) is 0 Å². The number of hydrogen-bond acceptors (Lipinski definition) is 1. The lowest BCUT2D eigenvalue weighted by molar-refractivity contribution is 0.215. The van der Waals surface area contributed by atoms with E-state index in [2.05, 4.69) is 12.2 Å². The minimum absolute atomic E-state index is 0.147. The average Bonchev–Trinajstić information content (AvgIpc) is 2.34. The van der Waals surface area contributed by atoms with Crippen LogP contribution in [0.15, 0.2) is 23.3 Å². The van der Waals surface area contributed by atoms with E-state index in [-0.39, 0.29) is 6.10 Å². The summed E-state index contributed by atoms with van der Waals surface area (Å²) in [5.74, 6) is 0. The van der Waals surface area contributed by atoms with Crippen molar-refractivity contribution < 1.29 is 5.11 Å². The third-order valence-electron chi connectivity index (χ3n) is 2.40. The first-order chi connectivity index (χ1) is 4.88. The van der Waals surface area contributed by atoms with Crippen molar-refractivity contribution in [3.05, 3.63) is 23.3 Å². The zero-order valence-corrected chi connectivity index (χ0v) is 6.01. The van der Waals surface area contributed by atoms with E-state index >= 15 is 0 Å². The fraction of sp³-hybridized carbons (Fsp3) is 0.556. The first kappa shape index (κ1) is 6.17. The standard InChI is InChI=1S/C9H12O/c10-9-6-5-7-3-1-2-4-8(7)9/h2,4,9-10H,1,3,5-6H2. The molecule has 0 fully saturated rings. The lowest BCUT2D eigenvalue weighted by atomic mass is 10.00. The number of aliphatic hydroxyl groups is 1. The van der Waals surface area contributed by atoms with Gasteiger partial charge in [0.05, 0.1) is 6.10 Å². The van der Waals surface area contributed by atoms with Crippen LogP contribution in [0.2, 0.25) is 0 Å². The van der Waals surface area contributed by atoms with Gasteiger partial charge in [-0.05, 0) is 31.3 Å². The molecule has 0 aromatic heterocycles. The Labute approximate surface area is 61.1 Å². The molecule has 1 nitrogen and oxygen atoms in total. The second kappa shape index (κ2) is 2.24. The SMILES string of the molecule is OC1CCC2=C1C=CCC2. The first-order valence-corrected chi connectivity index (χ1v) is 3.94. The van der Waals surface area contributed by atoms with Crippen LogP contribution < -0.4 is 0 Å². The molecule has 0 amide bonds. The second-order valence-corrected chi connectivity index (χ2v) is 3.05. The molecule has 1 N–H and O–H groups in total. The molecule has 2 rings (SSSR count). The first-order valence-electron chi connectivity index (χ1n) is 3.94. The van der Waals surface area contributed by atoms with Gasteiger partial charge in [0.15, 0.2) is 0 Å². The van der Waals surface area contributed by atoms with Crippen LogP contribution in [0.25, 0.3) is 0 Å². The van der Waals surface area contributed by atoms with Crippen molar-refractivity contribution in [1.29, 1.82) is 0 Å². The maximum absolute atomic E-state index is 9.42. The lowest BCUT2D eigenvalue weighted by Crippen LogP contribution is -2.03. The topological polar surface area (TPSA) is 20.2 Å². The highest BCUT2D eigenvalue weighted by Gasteiger charge is 2.22. The highest BCUT2D eigenvalue weighted by atomic mass is 16.3. The van der Waals surface area contributed by atoms with E-state index in [9.17, 15) is 5.11 Å². The third kappa shape index (κ3) is 0.816. The average molecular weight is 136 g/mol. The molecule has 2 aliphatic rings. The second-order valence-electron chi connectivity index (χ2n) is 3.05. The summed E-state index contributed by atoms with van der Waals surface area (Å²) in [5.41, 5.74) is 2.71. The van der Waals surface area contributed by atoms with Gasteiger partial charge in [-0.2, -0.15) is 0 Å². The molecule has 0 saturated carbocycles. The molecule has 0 aromatic rings. The van der Waals surface area contributed by atoms with E-state index in [1.54, 1.807) is 0 Å². The molecule has 0 heterocycles. The molecule has 0 saturated heterocycles. The van der Waals surface area contributed by atoms with E-state index in [4.69, 9.17) is 0 Å². The molecule has 10 heavy (non-hydrogen) atoms. The number of hydrogen-bond donors (Lipinski definition) is 1. The Morgan fingerprint density at radius 2 is 2.30 bits per heavy atom. The Kier molecular flexibility index (Phi) is 1.38. The minimum atomic E-state index is -0.147. The molecule has 0 spiro atoms. The summed E-state index contributed by atoms with van der Waals surface area (Å²) < 4.78 is 0. The molecule has 54 valence electrons. The van der Waals surface area contributed by atoms with Crippen molar-refractivity contribution in [2.24, 2.45) is 0 Å². The fourth-order valence-corrected chi connectivity index (χ4v) is 1.81. The van der Waals surface area contributed by atoms with E-state index in [1.807, 2.05) is 0 Å². The van der Waals surface area contributed by atoms with Crippen LogP contribution in [0.3, 0.4) is 0 Å². The van der Waals surface area contributed by atoms with Gasteiger partial charge in [0.25, 0.3) is 0 Å². The fourth-order valence-electron chi connectivity index (χ4n) is 1.81.